The van der Waals surface area contributed by atoms with Crippen molar-refractivity contribution in [2.45, 2.75) is 17.1 Å². The Hall–Kier alpha value is -1.60. The van der Waals surface area contributed by atoms with Crippen molar-refractivity contribution in [1.29, 1.82) is 0 Å². The summed E-state index contributed by atoms with van der Waals surface area (Å²) in [5.41, 5.74) is 0. The van der Waals surface area contributed by atoms with E-state index in [1.165, 1.54) is 4.90 Å². The third-order valence-corrected chi connectivity index (χ3v) is 3.09. The Morgan fingerprint density at radius 1 is 1.41 bits per heavy atom. The maximum atomic E-state index is 11.2. The number of hydrogen-bond acceptors (Lipinski definition) is 2. The number of benzene rings is 1. The first-order valence-corrected chi connectivity index (χ1v) is 6.27. The molecule has 2 N–H and O–H groups in total. The van der Waals surface area contributed by atoms with E-state index in [1.54, 1.807) is 11.8 Å². The smallest absolute Gasteiger partial charge is 0.315 e. The van der Waals surface area contributed by atoms with Gasteiger partial charge in [-0.2, -0.15) is 0 Å². The molecular weight excluding hydrogens is 232 g/mol. The van der Waals surface area contributed by atoms with Crippen molar-refractivity contribution in [3.63, 3.8) is 0 Å². The van der Waals surface area contributed by atoms with E-state index in [4.69, 9.17) is 6.42 Å². The van der Waals surface area contributed by atoms with E-state index in [2.05, 4.69) is 35.6 Å². The number of carbonyl (C=O) groups is 1. The lowest BCUT2D eigenvalue weighted by molar-refractivity contribution is 0.242. The summed E-state index contributed by atoms with van der Waals surface area (Å²) in [4.78, 5) is 12.4. The van der Waals surface area contributed by atoms with Gasteiger partial charge < -0.3 is 10.6 Å². The fourth-order valence-corrected chi connectivity index (χ4v) is 2.15. The summed E-state index contributed by atoms with van der Waals surface area (Å²) in [5.74, 6) is 2.35. The van der Waals surface area contributed by atoms with Gasteiger partial charge in [-0.3, -0.25) is 0 Å². The van der Waals surface area contributed by atoms with Crippen molar-refractivity contribution in [2.75, 3.05) is 13.1 Å². The molecule has 17 heavy (non-hydrogen) atoms. The molecule has 0 spiro atoms. The zero-order valence-corrected chi connectivity index (χ0v) is 10.6. The van der Waals surface area contributed by atoms with Crippen LogP contribution in [0.2, 0.25) is 0 Å². The second-order valence-electron chi connectivity index (χ2n) is 3.51. The minimum atomic E-state index is -0.219. The molecule has 1 atom stereocenters. The Balaban J connectivity index is 2.24. The first-order valence-electron chi connectivity index (χ1n) is 5.39. The molecule has 0 aromatic heterocycles. The van der Waals surface area contributed by atoms with E-state index < -0.39 is 0 Å². The molecule has 0 radical (unpaired) electrons. The predicted octanol–water partition coefficient (Wildman–Crippen LogP) is 2.10. The van der Waals surface area contributed by atoms with Crippen LogP contribution in [-0.4, -0.2) is 24.4 Å². The van der Waals surface area contributed by atoms with Gasteiger partial charge in [-0.05, 0) is 12.1 Å². The van der Waals surface area contributed by atoms with Crippen LogP contribution in [0.1, 0.15) is 6.92 Å². The van der Waals surface area contributed by atoms with Crippen molar-refractivity contribution < 1.29 is 4.79 Å². The first-order chi connectivity index (χ1) is 8.22. The van der Waals surface area contributed by atoms with Crippen molar-refractivity contribution in [1.82, 2.24) is 10.6 Å². The summed E-state index contributed by atoms with van der Waals surface area (Å²) in [6.45, 7) is 2.93. The first kappa shape index (κ1) is 13.5. The highest BCUT2D eigenvalue weighted by molar-refractivity contribution is 8.00. The molecule has 0 heterocycles. The molecule has 1 rings (SSSR count). The van der Waals surface area contributed by atoms with Crippen molar-refractivity contribution >= 4 is 17.8 Å². The van der Waals surface area contributed by atoms with Gasteiger partial charge in [0.2, 0.25) is 0 Å². The van der Waals surface area contributed by atoms with Crippen LogP contribution in [0.25, 0.3) is 0 Å². The Bertz CT molecular complexity index is 386. The number of carbonyl (C=O) groups excluding carboxylic acids is 1. The average molecular weight is 248 g/mol. The van der Waals surface area contributed by atoms with Gasteiger partial charge >= 0.3 is 6.03 Å². The molecule has 0 aliphatic carbocycles. The lowest BCUT2D eigenvalue weighted by atomic mass is 10.4. The van der Waals surface area contributed by atoms with Gasteiger partial charge in [-0.25, -0.2) is 4.79 Å². The van der Waals surface area contributed by atoms with Crippen molar-refractivity contribution in [2.24, 2.45) is 0 Å². The van der Waals surface area contributed by atoms with Crippen LogP contribution < -0.4 is 10.6 Å². The van der Waals surface area contributed by atoms with Crippen LogP contribution in [0.4, 0.5) is 4.79 Å². The van der Waals surface area contributed by atoms with E-state index in [0.29, 0.717) is 11.8 Å². The van der Waals surface area contributed by atoms with Gasteiger partial charge in [0.15, 0.2) is 0 Å². The number of urea groups is 1. The van der Waals surface area contributed by atoms with E-state index >= 15 is 0 Å². The van der Waals surface area contributed by atoms with Crippen molar-refractivity contribution in [3.8, 4) is 12.3 Å². The fraction of sp³-hybridized carbons (Fsp3) is 0.308. The maximum absolute atomic E-state index is 11.2. The summed E-state index contributed by atoms with van der Waals surface area (Å²) in [6, 6.07) is 9.88. The number of nitrogens with one attached hydrogen (secondary N) is 2. The number of hydrogen-bond donors (Lipinski definition) is 2. The third kappa shape index (κ3) is 5.88. The SMILES string of the molecule is C#CCNC(=O)NC[C@@H](C)Sc1ccccc1. The standard InChI is InChI=1S/C13H16N2OS/c1-3-9-14-13(16)15-10-11(2)17-12-7-5-4-6-8-12/h1,4-8,11H,9-10H2,2H3,(H2,14,15,16)/t11-/m1/s1. The number of rotatable bonds is 5. The summed E-state index contributed by atoms with van der Waals surface area (Å²) in [6.07, 6.45) is 5.04. The minimum absolute atomic E-state index is 0.219. The number of thioether (sulfide) groups is 1. The molecule has 0 unspecified atom stereocenters. The molecule has 0 saturated heterocycles. The Kier molecular flexibility index (Phi) is 6.05. The van der Waals surface area contributed by atoms with Gasteiger partial charge in [-0.1, -0.05) is 31.0 Å². The topological polar surface area (TPSA) is 41.1 Å². The second-order valence-corrected chi connectivity index (χ2v) is 5.02. The van der Waals surface area contributed by atoms with E-state index in [0.717, 1.165) is 0 Å². The second kappa shape index (κ2) is 7.64. The predicted molar refractivity (Wildman–Crippen MR) is 72.0 cm³/mol. The highest BCUT2D eigenvalue weighted by atomic mass is 32.2. The Morgan fingerprint density at radius 2 is 2.12 bits per heavy atom. The highest BCUT2D eigenvalue weighted by Crippen LogP contribution is 2.21. The molecule has 4 heteroatoms. The van der Waals surface area contributed by atoms with Crippen LogP contribution in [0.15, 0.2) is 35.2 Å². The molecule has 1 aromatic rings. The number of terminal acetylenes is 1. The Labute approximate surface area is 106 Å². The van der Waals surface area contributed by atoms with Gasteiger partial charge in [-0.15, -0.1) is 18.2 Å². The van der Waals surface area contributed by atoms with Crippen LogP contribution in [0.5, 0.6) is 0 Å². The van der Waals surface area contributed by atoms with Crippen LogP contribution >= 0.6 is 11.8 Å². The monoisotopic (exact) mass is 248 g/mol. The summed E-state index contributed by atoms with van der Waals surface area (Å²) >= 11 is 1.73. The average Bonchev–Trinajstić information content (AvgIpc) is 2.35. The van der Waals surface area contributed by atoms with Gasteiger partial charge in [0, 0.05) is 16.7 Å². The normalized spacial score (nSPS) is 11.3. The largest absolute Gasteiger partial charge is 0.337 e. The molecule has 0 bridgehead atoms. The molecule has 0 fully saturated rings. The molecule has 90 valence electrons. The number of amides is 2. The zero-order chi connectivity index (χ0) is 12.5. The molecule has 0 saturated carbocycles. The fourth-order valence-electron chi connectivity index (χ4n) is 1.20. The van der Waals surface area contributed by atoms with Gasteiger partial charge in [0.05, 0.1) is 6.54 Å². The van der Waals surface area contributed by atoms with E-state index in [9.17, 15) is 4.79 Å². The molecule has 0 aliphatic rings. The van der Waals surface area contributed by atoms with Crippen LogP contribution in [0.3, 0.4) is 0 Å². The summed E-state index contributed by atoms with van der Waals surface area (Å²) < 4.78 is 0. The van der Waals surface area contributed by atoms with Crippen molar-refractivity contribution in [3.05, 3.63) is 30.3 Å². The van der Waals surface area contributed by atoms with Crippen LogP contribution in [-0.2, 0) is 0 Å². The molecule has 1 aromatic carbocycles. The van der Waals surface area contributed by atoms with Gasteiger partial charge in [0.25, 0.3) is 0 Å². The maximum Gasteiger partial charge on any atom is 0.315 e. The van der Waals surface area contributed by atoms with Gasteiger partial charge in [0.1, 0.15) is 0 Å². The summed E-state index contributed by atoms with van der Waals surface area (Å²) in [5, 5.41) is 5.64. The Morgan fingerprint density at radius 3 is 2.76 bits per heavy atom. The van der Waals surface area contributed by atoms with Crippen LogP contribution in [0, 0.1) is 12.3 Å². The van der Waals surface area contributed by atoms with E-state index in [-0.39, 0.29) is 12.6 Å². The molecule has 3 nitrogen and oxygen atoms in total. The minimum Gasteiger partial charge on any atom is -0.337 e. The molecular formula is C13H16N2OS. The van der Waals surface area contributed by atoms with E-state index in [1.807, 2.05) is 18.2 Å². The third-order valence-electron chi connectivity index (χ3n) is 1.98. The lowest BCUT2D eigenvalue weighted by Crippen LogP contribution is -2.38. The summed E-state index contributed by atoms with van der Waals surface area (Å²) in [7, 11) is 0. The molecule has 0 aliphatic heterocycles. The lowest BCUT2D eigenvalue weighted by Gasteiger charge is -2.12. The quantitative estimate of drug-likeness (QED) is 0.619. The molecule has 2 amide bonds. The highest BCUT2D eigenvalue weighted by Gasteiger charge is 2.05. The zero-order valence-electron chi connectivity index (χ0n) is 9.77.